The summed E-state index contributed by atoms with van der Waals surface area (Å²) in [5.74, 6) is -1.27. The van der Waals surface area contributed by atoms with Crippen LogP contribution in [0.4, 0.5) is 14.6 Å². The molecule has 41 heavy (non-hydrogen) atoms. The molecule has 0 spiro atoms. The van der Waals surface area contributed by atoms with E-state index >= 15 is 0 Å². The zero-order valence-corrected chi connectivity index (χ0v) is 22.8. The Balaban J connectivity index is 1.17. The van der Waals surface area contributed by atoms with Crippen molar-refractivity contribution in [3.63, 3.8) is 0 Å². The number of anilines is 1. The first-order valence-electron chi connectivity index (χ1n) is 13.3. The molecule has 4 aromatic rings. The monoisotopic (exact) mass is 578 g/mol. The molecule has 6 rings (SSSR count). The van der Waals surface area contributed by atoms with Crippen molar-refractivity contribution in [3.05, 3.63) is 89.0 Å². The summed E-state index contributed by atoms with van der Waals surface area (Å²) in [6.45, 7) is 2.05. The van der Waals surface area contributed by atoms with E-state index < -0.39 is 24.0 Å². The summed E-state index contributed by atoms with van der Waals surface area (Å²) in [7, 11) is 0. The van der Waals surface area contributed by atoms with Gasteiger partial charge in [-0.15, -0.1) is 17.7 Å². The van der Waals surface area contributed by atoms with E-state index in [0.717, 1.165) is 18.5 Å². The molecule has 2 aliphatic heterocycles. The Bertz CT molecular complexity index is 1610. The first kappa shape index (κ1) is 27.2. The van der Waals surface area contributed by atoms with Crippen LogP contribution in [-0.4, -0.2) is 68.3 Å². The van der Waals surface area contributed by atoms with Gasteiger partial charge in [-0.1, -0.05) is 12.1 Å². The number of nitrogens with one attached hydrogen (secondary N) is 1. The molecule has 0 saturated carbocycles. The van der Waals surface area contributed by atoms with E-state index in [-0.39, 0.29) is 36.2 Å². The normalized spacial score (nSPS) is 21.0. The van der Waals surface area contributed by atoms with Crippen molar-refractivity contribution in [2.24, 2.45) is 0 Å². The lowest BCUT2D eigenvalue weighted by atomic mass is 10.0. The summed E-state index contributed by atoms with van der Waals surface area (Å²) in [6.07, 6.45) is 1.28. The molecule has 0 unspecified atom stereocenters. The molecular formula is C29H28F2N6O3S. The van der Waals surface area contributed by atoms with Gasteiger partial charge < -0.3 is 15.3 Å². The molecule has 2 aliphatic rings. The van der Waals surface area contributed by atoms with Crippen LogP contribution in [0.3, 0.4) is 0 Å². The van der Waals surface area contributed by atoms with E-state index in [9.17, 15) is 23.5 Å². The Kier molecular flexibility index (Phi) is 7.35. The van der Waals surface area contributed by atoms with E-state index in [2.05, 4.69) is 32.9 Å². The number of halogens is 2. The Morgan fingerprint density at radius 2 is 1.98 bits per heavy atom. The number of aromatic carboxylic acids is 1. The number of hydrogen-bond acceptors (Lipinski definition) is 7. The number of carbonyl (C=O) groups excluding carboxylic acids is 1. The summed E-state index contributed by atoms with van der Waals surface area (Å²) >= 11 is 4.27. The van der Waals surface area contributed by atoms with Crippen LogP contribution in [-0.2, 0) is 6.54 Å². The maximum absolute atomic E-state index is 14.6. The molecule has 12 heteroatoms. The highest BCUT2D eigenvalue weighted by Gasteiger charge is 2.35. The van der Waals surface area contributed by atoms with Crippen molar-refractivity contribution < 1.29 is 23.5 Å². The number of amides is 1. The maximum atomic E-state index is 14.6. The molecule has 4 heterocycles. The Labute approximate surface area is 240 Å². The van der Waals surface area contributed by atoms with E-state index in [4.69, 9.17) is 0 Å². The molecule has 3 atom stereocenters. The second-order valence-electron chi connectivity index (χ2n) is 10.5. The minimum absolute atomic E-state index is 0.0884. The highest BCUT2D eigenvalue weighted by Crippen LogP contribution is 2.37. The van der Waals surface area contributed by atoms with Gasteiger partial charge in [0.25, 0.3) is 5.91 Å². The summed E-state index contributed by atoms with van der Waals surface area (Å²) in [6, 6.07) is 14.2. The average molecular weight is 579 g/mol. The second kappa shape index (κ2) is 11.1. The van der Waals surface area contributed by atoms with Gasteiger partial charge in [-0.2, -0.15) is 0 Å². The van der Waals surface area contributed by atoms with Gasteiger partial charge in [-0.3, -0.25) is 9.69 Å². The molecule has 2 aromatic heterocycles. The minimum Gasteiger partial charge on any atom is -0.478 e. The molecule has 2 N–H and O–H groups in total. The molecule has 0 aliphatic carbocycles. The molecule has 0 radical (unpaired) electrons. The number of hydrogen-bond donors (Lipinski definition) is 3. The third kappa shape index (κ3) is 5.75. The Hall–Kier alpha value is -4.03. The summed E-state index contributed by atoms with van der Waals surface area (Å²) in [5, 5.41) is 16.9. The van der Waals surface area contributed by atoms with Gasteiger partial charge >= 0.3 is 5.97 Å². The number of carbonyl (C=O) groups is 2. The van der Waals surface area contributed by atoms with Crippen LogP contribution in [0.25, 0.3) is 5.65 Å². The highest BCUT2D eigenvalue weighted by molar-refractivity contribution is 7.80. The molecule has 1 amide bonds. The van der Waals surface area contributed by atoms with Gasteiger partial charge in [0, 0.05) is 37.0 Å². The van der Waals surface area contributed by atoms with Crippen LogP contribution < -0.4 is 10.2 Å². The van der Waals surface area contributed by atoms with Crippen LogP contribution in [0.2, 0.25) is 0 Å². The maximum Gasteiger partial charge on any atom is 0.335 e. The third-order valence-corrected chi connectivity index (χ3v) is 7.86. The van der Waals surface area contributed by atoms with Gasteiger partial charge in [-0.05, 0) is 60.0 Å². The lowest BCUT2D eigenvalue weighted by Gasteiger charge is -2.26. The van der Waals surface area contributed by atoms with E-state index in [1.54, 1.807) is 41.3 Å². The number of fused-ring (bicyclic) bond motifs is 1. The number of carboxylic acids is 1. The standard InChI is InChI=1S/C29H28F2N6O3S/c30-20-9-19(10-23(41)11-20)24-12-21(31)15-36(24)27-5-4-26-32-13-25(37(26)34-27)28(38)33-22-6-7-35(16-22)14-17-2-1-3-18(8-17)29(39)40/h1-5,8-11,13,21-22,24,41H,6-7,12,14-16H2,(H,33,38)(H,39,40)/t21-,22-,24+/m0/s1. The fraction of sp³-hybridized carbons (Fsp3) is 0.310. The van der Waals surface area contributed by atoms with E-state index in [0.29, 0.717) is 35.0 Å². The number of likely N-dealkylation sites (tertiary alicyclic amines) is 1. The molecule has 9 nitrogen and oxygen atoms in total. The third-order valence-electron chi connectivity index (χ3n) is 7.60. The van der Waals surface area contributed by atoms with Crippen molar-refractivity contribution in [2.45, 2.75) is 42.5 Å². The van der Waals surface area contributed by atoms with Crippen molar-refractivity contribution in [2.75, 3.05) is 24.5 Å². The zero-order valence-electron chi connectivity index (χ0n) is 22.0. The largest absolute Gasteiger partial charge is 0.478 e. The van der Waals surface area contributed by atoms with Gasteiger partial charge in [0.05, 0.1) is 24.3 Å². The number of benzene rings is 2. The van der Waals surface area contributed by atoms with Crippen LogP contribution in [0, 0.1) is 5.82 Å². The SMILES string of the molecule is O=C(O)c1cccc(CN2CC[C@H](NC(=O)c3cnc4ccc(N5C[C@@H](F)C[C@@H]5c5cc(F)cc(S)c5)nn34)C2)c1. The Morgan fingerprint density at radius 3 is 2.78 bits per heavy atom. The molecule has 2 saturated heterocycles. The molecule has 2 aromatic carbocycles. The fourth-order valence-corrected chi connectivity index (χ4v) is 6.00. The van der Waals surface area contributed by atoms with Gasteiger partial charge in [0.1, 0.15) is 17.8 Å². The lowest BCUT2D eigenvalue weighted by Crippen LogP contribution is -2.37. The summed E-state index contributed by atoms with van der Waals surface area (Å²) in [4.78, 5) is 33.3. The van der Waals surface area contributed by atoms with Gasteiger partial charge in [-0.25, -0.2) is 23.1 Å². The topological polar surface area (TPSA) is 103 Å². The Morgan fingerprint density at radius 1 is 1.12 bits per heavy atom. The predicted molar refractivity (Wildman–Crippen MR) is 151 cm³/mol. The number of rotatable bonds is 7. The number of alkyl halides is 1. The van der Waals surface area contributed by atoms with E-state index in [1.165, 1.54) is 22.8 Å². The molecule has 2 fully saturated rings. The minimum atomic E-state index is -1.12. The first-order chi connectivity index (χ1) is 19.7. The van der Waals surface area contributed by atoms with Crippen LogP contribution in [0.5, 0.6) is 0 Å². The molecule has 0 bridgehead atoms. The van der Waals surface area contributed by atoms with Crippen molar-refractivity contribution in [1.29, 1.82) is 0 Å². The number of carboxylic acid groups (broad SMARTS) is 1. The van der Waals surface area contributed by atoms with Crippen molar-refractivity contribution in [3.8, 4) is 0 Å². The fourth-order valence-electron chi connectivity index (χ4n) is 5.73. The van der Waals surface area contributed by atoms with Crippen molar-refractivity contribution >= 4 is 36.0 Å². The second-order valence-corrected chi connectivity index (χ2v) is 11.1. The summed E-state index contributed by atoms with van der Waals surface area (Å²) in [5.41, 5.74) is 2.48. The number of nitrogens with zero attached hydrogens (tertiary/aromatic N) is 5. The van der Waals surface area contributed by atoms with Crippen molar-refractivity contribution in [1.82, 2.24) is 24.8 Å². The van der Waals surface area contributed by atoms with E-state index in [1.807, 2.05) is 6.07 Å². The lowest BCUT2D eigenvalue weighted by molar-refractivity contribution is 0.0696. The number of aromatic nitrogens is 3. The van der Waals surface area contributed by atoms with Crippen LogP contribution >= 0.6 is 12.6 Å². The van der Waals surface area contributed by atoms with Gasteiger partial charge in [0.15, 0.2) is 11.3 Å². The highest BCUT2D eigenvalue weighted by atomic mass is 32.1. The first-order valence-corrected chi connectivity index (χ1v) is 13.8. The zero-order chi connectivity index (χ0) is 28.7. The van der Waals surface area contributed by atoms with Gasteiger partial charge in [0.2, 0.25) is 0 Å². The van der Waals surface area contributed by atoms with Crippen LogP contribution in [0.15, 0.2) is 65.7 Å². The number of thiol groups is 1. The quantitative estimate of drug-likeness (QED) is 0.283. The number of imidazole rings is 1. The smallest absolute Gasteiger partial charge is 0.335 e. The predicted octanol–water partition coefficient (Wildman–Crippen LogP) is 4.15. The van der Waals surface area contributed by atoms with Crippen LogP contribution in [0.1, 0.15) is 50.9 Å². The average Bonchev–Trinajstić information content (AvgIpc) is 3.66. The molecular weight excluding hydrogens is 550 g/mol. The molecule has 212 valence electrons. The summed E-state index contributed by atoms with van der Waals surface area (Å²) < 4.78 is 30.2.